The molecule has 0 heterocycles. The lowest BCUT2D eigenvalue weighted by Crippen LogP contribution is -1.98. The minimum Gasteiger partial charge on any atom is -0.480 e. The molecule has 0 unspecified atom stereocenters. The van der Waals surface area contributed by atoms with E-state index >= 15 is 0 Å². The summed E-state index contributed by atoms with van der Waals surface area (Å²) in [5.74, 6) is -1.19. The zero-order valence-corrected chi connectivity index (χ0v) is 5.92. The molecule has 0 radical (unpaired) electrons. The van der Waals surface area contributed by atoms with E-state index in [0.717, 1.165) is 0 Å². The summed E-state index contributed by atoms with van der Waals surface area (Å²) in [5, 5.41) is 15.0. The maximum Gasteiger partial charge on any atom is 0.329 e. The molecule has 0 rings (SSSR count). The Hall–Kier alpha value is -0.570. The van der Waals surface area contributed by atoms with Gasteiger partial charge in [0.2, 0.25) is 0 Å². The van der Waals surface area contributed by atoms with Crippen LogP contribution in [0.2, 0.25) is 0 Å². The third-order valence-electron chi connectivity index (χ3n) is 0.635. The maximum atomic E-state index is 9.12. The molecular formula is C6H14O3. The summed E-state index contributed by atoms with van der Waals surface area (Å²) < 4.78 is 0. The van der Waals surface area contributed by atoms with Crippen LogP contribution < -0.4 is 0 Å². The molecule has 0 bridgehead atoms. The van der Waals surface area contributed by atoms with Crippen LogP contribution in [-0.4, -0.2) is 22.8 Å². The number of aliphatic hydroxyl groups excluding tert-OH is 1. The smallest absolute Gasteiger partial charge is 0.329 e. The highest BCUT2D eigenvalue weighted by Gasteiger charge is 1.82. The molecule has 56 valence electrons. The van der Waals surface area contributed by atoms with Crippen molar-refractivity contribution in [1.29, 1.82) is 0 Å². The van der Waals surface area contributed by atoms with Gasteiger partial charge in [-0.1, -0.05) is 26.7 Å². The van der Waals surface area contributed by atoms with Crippen LogP contribution in [0.4, 0.5) is 0 Å². The SMILES string of the molecule is CCCC.O=C(O)CO. The fourth-order valence-electron chi connectivity index (χ4n) is 0. The van der Waals surface area contributed by atoms with Crippen LogP contribution in [0.1, 0.15) is 26.7 Å². The molecule has 0 spiro atoms. The van der Waals surface area contributed by atoms with Gasteiger partial charge in [0.1, 0.15) is 6.61 Å². The van der Waals surface area contributed by atoms with Crippen molar-refractivity contribution in [3.63, 3.8) is 0 Å². The Morgan fingerprint density at radius 3 is 1.56 bits per heavy atom. The molecule has 0 aliphatic rings. The van der Waals surface area contributed by atoms with Gasteiger partial charge in [-0.25, -0.2) is 4.79 Å². The van der Waals surface area contributed by atoms with Crippen LogP contribution in [0, 0.1) is 0 Å². The van der Waals surface area contributed by atoms with Crippen LogP contribution >= 0.6 is 0 Å². The van der Waals surface area contributed by atoms with Crippen molar-refractivity contribution in [2.45, 2.75) is 26.7 Å². The molecule has 0 amide bonds. The van der Waals surface area contributed by atoms with Gasteiger partial charge < -0.3 is 10.2 Å². The van der Waals surface area contributed by atoms with Crippen molar-refractivity contribution in [2.75, 3.05) is 6.61 Å². The predicted molar refractivity (Wildman–Crippen MR) is 35.3 cm³/mol. The molecule has 0 saturated heterocycles. The van der Waals surface area contributed by atoms with Gasteiger partial charge in [-0.15, -0.1) is 0 Å². The standard InChI is InChI=1S/C4H10.C2H4O3/c1-3-4-2;3-1-2(4)5/h3-4H2,1-2H3;3H,1H2,(H,4,5). The fraction of sp³-hybridized carbons (Fsp3) is 0.833. The molecule has 0 aromatic rings. The minimum absolute atomic E-state index is 0.778. The Morgan fingerprint density at radius 1 is 1.33 bits per heavy atom. The average Bonchev–Trinajstić information content (AvgIpc) is 1.89. The lowest BCUT2D eigenvalue weighted by Gasteiger charge is -1.72. The Bertz CT molecular complexity index is 59.3. The number of carbonyl (C=O) groups is 1. The predicted octanol–water partition coefficient (Wildman–Crippen LogP) is 0.870. The highest BCUT2D eigenvalue weighted by atomic mass is 16.4. The molecule has 0 fully saturated rings. The van der Waals surface area contributed by atoms with E-state index in [1.165, 1.54) is 12.8 Å². The molecule has 0 saturated carbocycles. The molecule has 3 nitrogen and oxygen atoms in total. The van der Waals surface area contributed by atoms with Gasteiger partial charge in [-0.05, 0) is 0 Å². The lowest BCUT2D eigenvalue weighted by molar-refractivity contribution is -0.140. The first-order valence-electron chi connectivity index (χ1n) is 3.01. The molecule has 0 aliphatic heterocycles. The summed E-state index contributed by atoms with van der Waals surface area (Å²) in [6.07, 6.45) is 2.64. The molecule has 3 heteroatoms. The first-order chi connectivity index (χ1) is 4.18. The molecule has 2 N–H and O–H groups in total. The van der Waals surface area contributed by atoms with E-state index in [9.17, 15) is 0 Å². The lowest BCUT2D eigenvalue weighted by atomic mass is 10.4. The zero-order valence-electron chi connectivity index (χ0n) is 5.92. The van der Waals surface area contributed by atoms with Crippen molar-refractivity contribution in [2.24, 2.45) is 0 Å². The molecule has 0 atom stereocenters. The normalized spacial score (nSPS) is 7.44. The second kappa shape index (κ2) is 10.4. The number of unbranched alkanes of at least 4 members (excludes halogenated alkanes) is 1. The highest BCUT2D eigenvalue weighted by molar-refractivity contribution is 5.67. The van der Waals surface area contributed by atoms with Gasteiger partial charge in [-0.2, -0.15) is 0 Å². The zero-order chi connectivity index (χ0) is 7.70. The topological polar surface area (TPSA) is 57.5 Å². The monoisotopic (exact) mass is 134 g/mol. The number of aliphatic carboxylic acids is 1. The summed E-state index contributed by atoms with van der Waals surface area (Å²) in [7, 11) is 0. The highest BCUT2D eigenvalue weighted by Crippen LogP contribution is 1.76. The first kappa shape index (κ1) is 11.3. The van der Waals surface area contributed by atoms with Crippen molar-refractivity contribution in [1.82, 2.24) is 0 Å². The summed E-state index contributed by atoms with van der Waals surface area (Å²) in [4.78, 5) is 9.12. The van der Waals surface area contributed by atoms with Gasteiger partial charge in [0.15, 0.2) is 0 Å². The van der Waals surface area contributed by atoms with E-state index in [2.05, 4.69) is 13.8 Å². The van der Waals surface area contributed by atoms with Gasteiger partial charge in [-0.3, -0.25) is 0 Å². The van der Waals surface area contributed by atoms with Crippen LogP contribution in [0.5, 0.6) is 0 Å². The molecule has 9 heavy (non-hydrogen) atoms. The Labute approximate surface area is 55.3 Å². The summed E-state index contributed by atoms with van der Waals surface area (Å²) in [5.41, 5.74) is 0. The Morgan fingerprint density at radius 2 is 1.56 bits per heavy atom. The van der Waals surface area contributed by atoms with Gasteiger partial charge in [0.05, 0.1) is 0 Å². The summed E-state index contributed by atoms with van der Waals surface area (Å²) in [6.45, 7) is 3.58. The maximum absolute atomic E-state index is 9.12. The van der Waals surface area contributed by atoms with Crippen molar-refractivity contribution in [3.8, 4) is 0 Å². The number of rotatable bonds is 2. The van der Waals surface area contributed by atoms with Crippen molar-refractivity contribution >= 4 is 5.97 Å². The molecule has 0 aliphatic carbocycles. The van der Waals surface area contributed by atoms with Crippen LogP contribution in [0.25, 0.3) is 0 Å². The van der Waals surface area contributed by atoms with Crippen molar-refractivity contribution in [3.05, 3.63) is 0 Å². The van der Waals surface area contributed by atoms with Crippen LogP contribution in [0.3, 0.4) is 0 Å². The molecule has 0 aromatic carbocycles. The van der Waals surface area contributed by atoms with E-state index in [1.54, 1.807) is 0 Å². The van der Waals surface area contributed by atoms with E-state index < -0.39 is 12.6 Å². The van der Waals surface area contributed by atoms with Crippen molar-refractivity contribution < 1.29 is 15.0 Å². The minimum atomic E-state index is -1.19. The second-order valence-electron chi connectivity index (χ2n) is 1.55. The van der Waals surface area contributed by atoms with Gasteiger partial charge >= 0.3 is 5.97 Å². The first-order valence-corrected chi connectivity index (χ1v) is 3.01. The fourth-order valence-corrected chi connectivity index (χ4v) is 0. The number of hydrogen-bond acceptors (Lipinski definition) is 2. The summed E-state index contributed by atoms with van der Waals surface area (Å²) in [6, 6.07) is 0. The van der Waals surface area contributed by atoms with Gasteiger partial charge in [0.25, 0.3) is 0 Å². The number of hydrogen-bond donors (Lipinski definition) is 2. The second-order valence-corrected chi connectivity index (χ2v) is 1.55. The third kappa shape index (κ3) is 37.1. The quantitative estimate of drug-likeness (QED) is 0.589. The Balaban J connectivity index is 0. The largest absolute Gasteiger partial charge is 0.480 e. The molecule has 0 aromatic heterocycles. The number of carboxylic acid groups (broad SMARTS) is 1. The Kier molecular flexibility index (Phi) is 13.0. The van der Waals surface area contributed by atoms with E-state index in [0.29, 0.717) is 0 Å². The molecular weight excluding hydrogens is 120 g/mol. The number of carboxylic acids is 1. The van der Waals surface area contributed by atoms with Gasteiger partial charge in [0, 0.05) is 0 Å². The summed E-state index contributed by atoms with van der Waals surface area (Å²) >= 11 is 0. The van der Waals surface area contributed by atoms with Crippen LogP contribution in [0.15, 0.2) is 0 Å². The van der Waals surface area contributed by atoms with E-state index in [1.807, 2.05) is 0 Å². The number of aliphatic hydroxyl groups is 1. The average molecular weight is 134 g/mol. The van der Waals surface area contributed by atoms with E-state index in [4.69, 9.17) is 15.0 Å². The van der Waals surface area contributed by atoms with E-state index in [-0.39, 0.29) is 0 Å². The third-order valence-corrected chi connectivity index (χ3v) is 0.635. The van der Waals surface area contributed by atoms with Crippen LogP contribution in [-0.2, 0) is 4.79 Å².